The lowest BCUT2D eigenvalue weighted by molar-refractivity contribution is 0.111. The summed E-state index contributed by atoms with van der Waals surface area (Å²) in [5, 5.41) is 0. The van der Waals surface area contributed by atoms with Gasteiger partial charge in [-0.2, -0.15) is 16.8 Å². The fourth-order valence-corrected chi connectivity index (χ4v) is 5.60. The molecule has 1 aliphatic carbocycles. The fraction of sp³-hybridized carbons (Fsp3) is 0.269. The second-order valence-corrected chi connectivity index (χ2v) is 11.9. The Labute approximate surface area is 210 Å². The number of aryl methyl sites for hydroxylation is 2. The molecule has 1 aliphatic rings. The zero-order valence-electron chi connectivity index (χ0n) is 20.0. The molecule has 1 fully saturated rings. The molecule has 3 aromatic carbocycles. The average molecular weight is 531 g/mol. The van der Waals surface area contributed by atoms with Gasteiger partial charge in [0.2, 0.25) is 0 Å². The summed E-state index contributed by atoms with van der Waals surface area (Å²) < 4.78 is 74.8. The smallest absolute Gasteiger partial charge is 0.295 e. The predicted octanol–water partition coefficient (Wildman–Crippen LogP) is 5.04. The van der Waals surface area contributed by atoms with Crippen molar-refractivity contribution in [3.05, 3.63) is 64.7 Å². The fourth-order valence-electron chi connectivity index (χ4n) is 4.23. The minimum atomic E-state index is -4.67. The van der Waals surface area contributed by atoms with Crippen LogP contribution in [-0.2, 0) is 20.2 Å². The molecular formula is C26H26O8S2. The maximum atomic E-state index is 12.4. The second-order valence-electron chi connectivity index (χ2n) is 9.16. The number of carbonyl (C=O) groups is 1. The van der Waals surface area contributed by atoms with E-state index in [4.69, 9.17) is 4.74 Å². The van der Waals surface area contributed by atoms with E-state index in [-0.39, 0.29) is 32.9 Å². The molecule has 0 atom stereocenters. The third-order valence-electron chi connectivity index (χ3n) is 6.25. The van der Waals surface area contributed by atoms with Crippen LogP contribution in [0.15, 0.2) is 52.3 Å². The van der Waals surface area contributed by atoms with Crippen molar-refractivity contribution >= 4 is 26.5 Å². The van der Waals surface area contributed by atoms with Crippen molar-refractivity contribution in [3.8, 4) is 28.0 Å². The minimum Gasteiger partial charge on any atom is -0.492 e. The summed E-state index contributed by atoms with van der Waals surface area (Å²) in [4.78, 5) is 11.6. The zero-order chi connectivity index (χ0) is 26.4. The summed E-state index contributed by atoms with van der Waals surface area (Å²) in [5.74, 6) is 0.519. The molecule has 0 heterocycles. The zero-order valence-corrected chi connectivity index (χ0v) is 21.6. The van der Waals surface area contributed by atoms with E-state index in [0.717, 1.165) is 12.8 Å². The van der Waals surface area contributed by atoms with E-state index in [1.807, 2.05) is 0 Å². The maximum Gasteiger partial charge on any atom is 0.295 e. The monoisotopic (exact) mass is 530 g/mol. The Morgan fingerprint density at radius 1 is 0.806 bits per heavy atom. The molecule has 1 saturated carbocycles. The van der Waals surface area contributed by atoms with Crippen molar-refractivity contribution in [2.45, 2.75) is 43.4 Å². The van der Waals surface area contributed by atoms with Crippen LogP contribution < -0.4 is 4.74 Å². The predicted molar refractivity (Wildman–Crippen MR) is 135 cm³/mol. The molecule has 0 spiro atoms. The number of rotatable bonds is 8. The highest BCUT2D eigenvalue weighted by atomic mass is 32.2. The van der Waals surface area contributed by atoms with Crippen LogP contribution in [0.4, 0.5) is 0 Å². The van der Waals surface area contributed by atoms with Gasteiger partial charge in [-0.3, -0.25) is 13.9 Å². The molecule has 8 nitrogen and oxygen atoms in total. The number of ether oxygens (including phenoxy) is 1. The quantitative estimate of drug-likeness (QED) is 0.305. The van der Waals surface area contributed by atoms with E-state index in [9.17, 15) is 30.7 Å². The Balaban J connectivity index is 2.13. The average Bonchev–Trinajstić information content (AvgIpc) is 3.60. The molecule has 0 aromatic heterocycles. The van der Waals surface area contributed by atoms with Gasteiger partial charge in [0.25, 0.3) is 20.2 Å². The van der Waals surface area contributed by atoms with Crippen LogP contribution in [0.25, 0.3) is 22.3 Å². The summed E-state index contributed by atoms with van der Waals surface area (Å²) in [6.07, 6.45) is 2.53. The van der Waals surface area contributed by atoms with Crippen LogP contribution in [0.5, 0.6) is 5.75 Å². The Bertz CT molecular complexity index is 1580. The van der Waals surface area contributed by atoms with Crippen LogP contribution in [0.2, 0.25) is 0 Å². The largest absolute Gasteiger partial charge is 0.492 e. The van der Waals surface area contributed by atoms with Gasteiger partial charge in [0.15, 0.2) is 6.29 Å². The molecule has 2 N–H and O–H groups in total. The number of hydrogen-bond donors (Lipinski definition) is 2. The summed E-state index contributed by atoms with van der Waals surface area (Å²) in [6, 6.07) is 10.2. The molecular weight excluding hydrogens is 504 g/mol. The van der Waals surface area contributed by atoms with Gasteiger partial charge in [0, 0.05) is 11.1 Å². The van der Waals surface area contributed by atoms with Crippen molar-refractivity contribution in [3.63, 3.8) is 0 Å². The van der Waals surface area contributed by atoms with Gasteiger partial charge in [-0.1, -0.05) is 35.4 Å². The van der Waals surface area contributed by atoms with Crippen molar-refractivity contribution in [1.82, 2.24) is 0 Å². The van der Waals surface area contributed by atoms with Gasteiger partial charge in [0.05, 0.1) is 12.2 Å². The first-order valence-corrected chi connectivity index (χ1v) is 14.1. The lowest BCUT2D eigenvalue weighted by Crippen LogP contribution is -2.09. The summed E-state index contributed by atoms with van der Waals surface area (Å²) >= 11 is 0. The van der Waals surface area contributed by atoms with E-state index in [0.29, 0.717) is 41.1 Å². The molecule has 0 bridgehead atoms. The standard InChI is InChI=1S/C26H26O8S2/c1-15-4-8-24(35(28,29)30)21(10-15)19-12-20(22-11-16(2)5-9-25(22)36(31,32)33)23(13-27)26(17(19)3)34-14-18-6-7-18/h4-5,8-13,18H,6-7,14H2,1-3H3,(H,28,29,30)(H,31,32,33). The molecule has 0 unspecified atom stereocenters. The highest BCUT2D eigenvalue weighted by Crippen LogP contribution is 2.44. The molecule has 36 heavy (non-hydrogen) atoms. The highest BCUT2D eigenvalue weighted by Gasteiger charge is 2.28. The normalized spacial score (nSPS) is 14.0. The molecule has 0 amide bonds. The number of carbonyl (C=O) groups excluding carboxylic acids is 1. The number of aldehydes is 1. The highest BCUT2D eigenvalue weighted by molar-refractivity contribution is 7.86. The molecule has 0 aliphatic heterocycles. The van der Waals surface area contributed by atoms with Crippen LogP contribution in [0.3, 0.4) is 0 Å². The molecule has 4 rings (SSSR count). The van der Waals surface area contributed by atoms with Crippen LogP contribution >= 0.6 is 0 Å². The van der Waals surface area contributed by atoms with Crippen LogP contribution in [0.1, 0.15) is 39.9 Å². The van der Waals surface area contributed by atoms with Gasteiger partial charge >= 0.3 is 0 Å². The van der Waals surface area contributed by atoms with Crippen LogP contribution in [0, 0.1) is 26.7 Å². The van der Waals surface area contributed by atoms with Crippen molar-refractivity contribution in [2.75, 3.05) is 6.61 Å². The van der Waals surface area contributed by atoms with Gasteiger partial charge in [0.1, 0.15) is 15.5 Å². The van der Waals surface area contributed by atoms with Crippen molar-refractivity contribution in [1.29, 1.82) is 0 Å². The number of benzene rings is 3. The maximum absolute atomic E-state index is 12.4. The third-order valence-corrected chi connectivity index (χ3v) is 8.08. The van der Waals surface area contributed by atoms with E-state index in [1.165, 1.54) is 30.3 Å². The first kappa shape index (κ1) is 26.0. The summed E-state index contributed by atoms with van der Waals surface area (Å²) in [5.41, 5.74) is 2.64. The first-order chi connectivity index (χ1) is 16.8. The van der Waals surface area contributed by atoms with Gasteiger partial charge < -0.3 is 4.74 Å². The first-order valence-electron chi connectivity index (χ1n) is 11.2. The van der Waals surface area contributed by atoms with Crippen LogP contribution in [-0.4, -0.2) is 38.8 Å². The Kier molecular flexibility index (Phi) is 6.82. The van der Waals surface area contributed by atoms with Crippen molar-refractivity contribution < 1.29 is 35.5 Å². The molecule has 3 aromatic rings. The molecule has 0 saturated heterocycles. The Morgan fingerprint density at radius 3 is 1.75 bits per heavy atom. The lowest BCUT2D eigenvalue weighted by Gasteiger charge is -2.21. The van der Waals surface area contributed by atoms with E-state index in [1.54, 1.807) is 32.9 Å². The number of hydrogen-bond acceptors (Lipinski definition) is 6. The Hall–Kier alpha value is -3.05. The van der Waals surface area contributed by atoms with E-state index < -0.39 is 25.1 Å². The van der Waals surface area contributed by atoms with E-state index >= 15 is 0 Å². The second kappa shape index (κ2) is 9.44. The SMILES string of the molecule is Cc1ccc(S(=O)(=O)O)c(-c2cc(-c3cc(C)ccc3S(=O)(=O)O)c(C=O)c(OCC3CC3)c2C)c1. The Morgan fingerprint density at radius 2 is 1.31 bits per heavy atom. The molecule has 10 heteroatoms. The van der Waals surface area contributed by atoms with E-state index in [2.05, 4.69) is 0 Å². The summed E-state index contributed by atoms with van der Waals surface area (Å²) in [6.45, 7) is 5.50. The molecule has 190 valence electrons. The van der Waals surface area contributed by atoms with Crippen molar-refractivity contribution in [2.24, 2.45) is 5.92 Å². The minimum absolute atomic E-state index is 0.0678. The summed E-state index contributed by atoms with van der Waals surface area (Å²) in [7, 11) is -9.29. The third kappa shape index (κ3) is 5.22. The van der Waals surface area contributed by atoms with Gasteiger partial charge in [-0.15, -0.1) is 0 Å². The molecule has 0 radical (unpaired) electrons. The topological polar surface area (TPSA) is 135 Å². The van der Waals surface area contributed by atoms with Gasteiger partial charge in [-0.05, 0) is 74.4 Å². The van der Waals surface area contributed by atoms with Gasteiger partial charge in [-0.25, -0.2) is 0 Å². The lowest BCUT2D eigenvalue weighted by atomic mass is 9.89.